The van der Waals surface area contributed by atoms with Gasteiger partial charge in [0.1, 0.15) is 5.78 Å². The summed E-state index contributed by atoms with van der Waals surface area (Å²) in [4.78, 5) is 26.8. The Morgan fingerprint density at radius 2 is 1.62 bits per heavy atom. The smallest absolute Gasteiger partial charge is 0.312 e. The van der Waals surface area contributed by atoms with Gasteiger partial charge in [-0.1, -0.05) is 47.3 Å². The van der Waals surface area contributed by atoms with E-state index >= 15 is 0 Å². The molecular weight excluding hydrogens is 494 g/mol. The molecule has 0 N–H and O–H groups in total. The lowest BCUT2D eigenvalue weighted by molar-refractivity contribution is -0.689. The number of carbonyl (C=O) groups excluding carboxylic acids is 2. The molecule has 9 atom stereocenters. The normalized spacial score (nSPS) is 45.5. The van der Waals surface area contributed by atoms with E-state index in [4.69, 9.17) is 4.74 Å². The maximum Gasteiger partial charge on any atom is 0.312 e. The molecule has 0 aromatic carbocycles. The number of allylic oxidation sites excluding steroid dienone is 1. The van der Waals surface area contributed by atoms with Crippen molar-refractivity contribution in [3.05, 3.63) is 42.7 Å². The van der Waals surface area contributed by atoms with E-state index < -0.39 is 0 Å². The maximum absolute atomic E-state index is 13.7. The van der Waals surface area contributed by atoms with E-state index in [9.17, 15) is 9.59 Å². The molecule has 0 saturated heterocycles. The number of aromatic nitrogens is 1. The van der Waals surface area contributed by atoms with Crippen LogP contribution >= 0.6 is 0 Å². The lowest BCUT2D eigenvalue weighted by Gasteiger charge is -2.72. The number of Topliss-reactive ketones (excluding diaryl/α,β-unsaturated/α-hetero) is 1. The number of hydrogen-bond acceptors (Lipinski definition) is 3. The van der Waals surface area contributed by atoms with Gasteiger partial charge >= 0.3 is 5.97 Å². The van der Waals surface area contributed by atoms with E-state index in [1.807, 2.05) is 0 Å². The van der Waals surface area contributed by atoms with Crippen LogP contribution in [-0.4, -0.2) is 18.9 Å². The summed E-state index contributed by atoms with van der Waals surface area (Å²) < 4.78 is 7.83. The largest absolute Gasteiger partial charge is 0.469 e. The molecule has 218 valence electrons. The fourth-order valence-electron chi connectivity index (χ4n) is 12.3. The number of rotatable bonds is 4. The molecule has 1 heterocycles. The Morgan fingerprint density at radius 3 is 2.33 bits per heavy atom. The number of fused-ring (bicyclic) bond motifs is 7. The van der Waals surface area contributed by atoms with Gasteiger partial charge in [-0.05, 0) is 109 Å². The van der Waals surface area contributed by atoms with Crippen LogP contribution in [0, 0.1) is 56.7 Å². The Hall–Kier alpha value is -1.97. The van der Waals surface area contributed by atoms with Gasteiger partial charge in [-0.3, -0.25) is 9.59 Å². The standard InChI is InChI=1S/C36H52NO3/c1-24(23-37-21-9-8-10-22-37)25-13-18-36(31(39)40-7)20-19-34(5)26(30(25)36)11-12-28-33(4)16-15-29(38)32(2,3)27(33)14-17-35(28,34)6/h8-10,21-22,25-28,30H,1,11-20,23H2,2-7H3/q+1/t25-,26+,27-,28+,30+,33-,34+,35+,36-/m0/s1. The molecular formula is C36H52NO3+. The van der Waals surface area contributed by atoms with Crippen LogP contribution in [0.1, 0.15) is 98.8 Å². The van der Waals surface area contributed by atoms with Crippen LogP contribution in [-0.2, 0) is 20.9 Å². The van der Waals surface area contributed by atoms with Crippen LogP contribution in [0.25, 0.3) is 0 Å². The van der Waals surface area contributed by atoms with Gasteiger partial charge in [-0.25, -0.2) is 4.57 Å². The minimum atomic E-state index is -0.378. The van der Waals surface area contributed by atoms with Gasteiger partial charge in [0.25, 0.3) is 0 Å². The van der Waals surface area contributed by atoms with Gasteiger partial charge in [0.2, 0.25) is 0 Å². The molecule has 0 aliphatic heterocycles. The van der Waals surface area contributed by atoms with Crippen LogP contribution in [0.2, 0.25) is 0 Å². The van der Waals surface area contributed by atoms with Gasteiger partial charge in [0.15, 0.2) is 18.9 Å². The van der Waals surface area contributed by atoms with Crippen molar-refractivity contribution in [3.63, 3.8) is 0 Å². The Kier molecular flexibility index (Phi) is 6.52. The van der Waals surface area contributed by atoms with Crippen LogP contribution in [0.5, 0.6) is 0 Å². The third-order valence-corrected chi connectivity index (χ3v) is 14.5. The topological polar surface area (TPSA) is 47.2 Å². The second kappa shape index (κ2) is 9.27. The van der Waals surface area contributed by atoms with E-state index in [1.165, 1.54) is 24.8 Å². The van der Waals surface area contributed by atoms with Crippen LogP contribution in [0.15, 0.2) is 42.7 Å². The van der Waals surface area contributed by atoms with Gasteiger partial charge in [-0.2, -0.15) is 0 Å². The molecule has 1 aromatic rings. The number of methoxy groups -OCH3 is 1. The minimum Gasteiger partial charge on any atom is -0.469 e. The average molecular weight is 547 g/mol. The first kappa shape index (κ1) is 28.2. The molecule has 0 unspecified atom stereocenters. The van der Waals surface area contributed by atoms with Crippen molar-refractivity contribution in [2.75, 3.05) is 7.11 Å². The average Bonchev–Trinajstić information content (AvgIpc) is 3.32. The molecule has 40 heavy (non-hydrogen) atoms. The SMILES string of the molecule is C=C(C[n+]1ccccc1)[C@@H]1CC[C@]2(C(=O)OC)CC[C@]3(C)[C@H](CC[C@@H]4[C@@]5(C)CCC(=O)C(C)(C)[C@@H]5CC[C@]43C)[C@@H]12. The minimum absolute atomic E-state index is 0.0257. The summed E-state index contributed by atoms with van der Waals surface area (Å²) in [5, 5.41) is 0. The number of ketones is 1. The van der Waals surface area contributed by atoms with Crippen molar-refractivity contribution in [1.29, 1.82) is 0 Å². The Balaban J connectivity index is 1.38. The summed E-state index contributed by atoms with van der Waals surface area (Å²) in [7, 11) is 1.59. The summed E-state index contributed by atoms with van der Waals surface area (Å²) in [5.41, 5.74) is 1.26. The lowest BCUT2D eigenvalue weighted by atomic mass is 9.32. The Labute approximate surface area is 242 Å². The summed E-state index contributed by atoms with van der Waals surface area (Å²) in [6.45, 7) is 17.7. The van der Waals surface area contributed by atoms with Crippen molar-refractivity contribution in [2.24, 2.45) is 56.7 Å². The van der Waals surface area contributed by atoms with Gasteiger partial charge in [-0.15, -0.1) is 0 Å². The molecule has 5 aliphatic rings. The van der Waals surface area contributed by atoms with E-state index in [0.29, 0.717) is 35.4 Å². The highest BCUT2D eigenvalue weighted by Crippen LogP contribution is 2.77. The predicted octanol–water partition coefficient (Wildman–Crippen LogP) is 7.35. The maximum atomic E-state index is 13.7. The van der Waals surface area contributed by atoms with Gasteiger partial charge in [0.05, 0.1) is 12.5 Å². The van der Waals surface area contributed by atoms with Crippen molar-refractivity contribution in [3.8, 4) is 0 Å². The highest BCUT2D eigenvalue weighted by Gasteiger charge is 2.72. The van der Waals surface area contributed by atoms with E-state index in [2.05, 4.69) is 76.4 Å². The van der Waals surface area contributed by atoms with E-state index in [0.717, 1.165) is 51.5 Å². The zero-order valence-corrected chi connectivity index (χ0v) is 25.9. The first-order valence-corrected chi connectivity index (χ1v) is 16.1. The molecule has 1 aromatic heterocycles. The zero-order valence-electron chi connectivity index (χ0n) is 25.9. The summed E-state index contributed by atoms with van der Waals surface area (Å²) in [6, 6.07) is 6.22. The highest BCUT2D eigenvalue weighted by atomic mass is 16.5. The van der Waals surface area contributed by atoms with E-state index in [1.54, 1.807) is 7.11 Å². The molecule has 4 nitrogen and oxygen atoms in total. The number of carbonyl (C=O) groups is 2. The zero-order chi connectivity index (χ0) is 28.7. The molecule has 5 fully saturated rings. The summed E-state index contributed by atoms with van der Waals surface area (Å²) in [5.74, 6) is 2.73. The molecule has 5 aliphatic carbocycles. The molecule has 0 radical (unpaired) electrons. The van der Waals surface area contributed by atoms with Crippen LogP contribution in [0.4, 0.5) is 0 Å². The number of esters is 1. The summed E-state index contributed by atoms with van der Waals surface area (Å²) in [6.07, 6.45) is 14.8. The molecule has 0 bridgehead atoms. The van der Waals surface area contributed by atoms with E-state index in [-0.39, 0.29) is 33.0 Å². The number of nitrogens with zero attached hydrogens (tertiary/aromatic N) is 1. The van der Waals surface area contributed by atoms with Crippen molar-refractivity contribution in [2.45, 2.75) is 105 Å². The number of pyridine rings is 1. The molecule has 0 spiro atoms. The molecule has 4 heteroatoms. The lowest BCUT2D eigenvalue weighted by Crippen LogP contribution is -2.66. The fourth-order valence-corrected chi connectivity index (χ4v) is 12.3. The second-order valence-electron chi connectivity index (χ2n) is 15.8. The van der Waals surface area contributed by atoms with Crippen LogP contribution in [0.3, 0.4) is 0 Å². The van der Waals surface area contributed by atoms with Gasteiger partial charge < -0.3 is 4.74 Å². The first-order valence-electron chi connectivity index (χ1n) is 16.1. The number of ether oxygens (including phenoxy) is 1. The summed E-state index contributed by atoms with van der Waals surface area (Å²) >= 11 is 0. The monoisotopic (exact) mass is 546 g/mol. The Morgan fingerprint density at radius 1 is 0.900 bits per heavy atom. The van der Waals surface area contributed by atoms with Crippen molar-refractivity contribution >= 4 is 11.8 Å². The Bertz CT molecular complexity index is 1210. The fraction of sp³-hybridized carbons (Fsp3) is 0.750. The quantitative estimate of drug-likeness (QED) is 0.225. The third kappa shape index (κ3) is 3.59. The molecule has 5 saturated carbocycles. The second-order valence-corrected chi connectivity index (χ2v) is 15.8. The first-order chi connectivity index (χ1) is 18.8. The van der Waals surface area contributed by atoms with Crippen molar-refractivity contribution in [1.82, 2.24) is 0 Å². The molecule has 6 rings (SSSR count). The third-order valence-electron chi connectivity index (χ3n) is 14.5. The van der Waals surface area contributed by atoms with Crippen molar-refractivity contribution < 1.29 is 18.9 Å². The van der Waals surface area contributed by atoms with Gasteiger partial charge in [0, 0.05) is 24.0 Å². The van der Waals surface area contributed by atoms with Crippen LogP contribution < -0.4 is 4.57 Å². The predicted molar refractivity (Wildman–Crippen MR) is 157 cm³/mol. The molecule has 0 amide bonds. The highest BCUT2D eigenvalue weighted by molar-refractivity contribution is 5.85. The number of hydrogen-bond donors (Lipinski definition) is 0.